The Morgan fingerprint density at radius 2 is 1.92 bits per heavy atom. The second-order valence-electron chi connectivity index (χ2n) is 2.06. The maximum atomic E-state index is 10.4. The molecule has 0 aromatic rings. The summed E-state index contributed by atoms with van der Waals surface area (Å²) >= 11 is 0. The Morgan fingerprint density at radius 3 is 2.00 bits per heavy atom. The van der Waals surface area contributed by atoms with Crippen molar-refractivity contribution in [2.75, 3.05) is 7.11 Å². The fraction of sp³-hybridized carbons (Fsp3) is 0.714. The van der Waals surface area contributed by atoms with Crippen LogP contribution in [-0.2, 0) is 14.3 Å². The highest BCUT2D eigenvalue weighted by molar-refractivity contribution is 5.75. The zero-order valence-electron chi connectivity index (χ0n) is 7.53. The van der Waals surface area contributed by atoms with Crippen molar-refractivity contribution in [2.24, 2.45) is 5.73 Å². The lowest BCUT2D eigenvalue weighted by Gasteiger charge is -2.03. The molecule has 12 heavy (non-hydrogen) atoms. The topological polar surface area (TPSA) is 89.6 Å². The first kappa shape index (κ1) is 13.5. The van der Waals surface area contributed by atoms with Crippen LogP contribution in [0.15, 0.2) is 0 Å². The Balaban J connectivity index is 0. The second-order valence-corrected chi connectivity index (χ2v) is 2.06. The van der Waals surface area contributed by atoms with Gasteiger partial charge in [0.15, 0.2) is 0 Å². The summed E-state index contributed by atoms with van der Waals surface area (Å²) in [6.45, 7) is 2.92. The molecule has 0 saturated carbocycles. The summed E-state index contributed by atoms with van der Waals surface area (Å²) in [5.74, 6) is -1.17. The van der Waals surface area contributed by atoms with E-state index in [1.165, 1.54) is 7.11 Å². The Bertz CT molecular complexity index is 142. The van der Waals surface area contributed by atoms with Gasteiger partial charge in [-0.2, -0.15) is 0 Å². The molecule has 0 fully saturated rings. The van der Waals surface area contributed by atoms with Gasteiger partial charge >= 0.3 is 5.97 Å². The zero-order chi connectivity index (χ0) is 10.1. The molecule has 0 aliphatic heterocycles. The van der Waals surface area contributed by atoms with E-state index in [2.05, 4.69) is 4.74 Å². The van der Waals surface area contributed by atoms with E-state index in [1.807, 2.05) is 6.92 Å². The molecule has 72 valence electrons. The quantitative estimate of drug-likeness (QED) is 0.579. The molecule has 0 radical (unpaired) electrons. The van der Waals surface area contributed by atoms with E-state index in [9.17, 15) is 4.79 Å². The zero-order valence-corrected chi connectivity index (χ0v) is 7.53. The Kier molecular flexibility index (Phi) is 8.99. The molecule has 0 rings (SSSR count). The standard InChI is InChI=1S/C5H11NO2.C2H4O2/c1-3-4(6)5(7)8-2;1-2(3)4/h4H,3,6H2,1-2H3;1H3,(H,3,4)/t4-;/m0./s1. The van der Waals surface area contributed by atoms with Crippen molar-refractivity contribution in [3.8, 4) is 0 Å². The van der Waals surface area contributed by atoms with Crippen molar-refractivity contribution in [2.45, 2.75) is 26.3 Å². The summed E-state index contributed by atoms with van der Waals surface area (Å²) in [6.07, 6.45) is 0.632. The van der Waals surface area contributed by atoms with Crippen LogP contribution < -0.4 is 5.73 Å². The van der Waals surface area contributed by atoms with Gasteiger partial charge in [-0.15, -0.1) is 0 Å². The van der Waals surface area contributed by atoms with Crippen molar-refractivity contribution in [1.29, 1.82) is 0 Å². The molecular formula is C7H15NO4. The van der Waals surface area contributed by atoms with Gasteiger partial charge in [-0.25, -0.2) is 0 Å². The molecule has 0 aromatic carbocycles. The van der Waals surface area contributed by atoms with E-state index in [1.54, 1.807) is 0 Å². The van der Waals surface area contributed by atoms with Crippen molar-refractivity contribution >= 4 is 11.9 Å². The maximum Gasteiger partial charge on any atom is 0.322 e. The number of carbonyl (C=O) groups excluding carboxylic acids is 1. The van der Waals surface area contributed by atoms with Crippen LogP contribution in [0.2, 0.25) is 0 Å². The van der Waals surface area contributed by atoms with Gasteiger partial charge in [0.25, 0.3) is 5.97 Å². The first-order chi connectivity index (χ1) is 5.45. The SMILES string of the molecule is CC(=O)O.CC[C@H](N)C(=O)OC. The van der Waals surface area contributed by atoms with Gasteiger partial charge in [0.2, 0.25) is 0 Å². The van der Waals surface area contributed by atoms with Gasteiger partial charge < -0.3 is 15.6 Å². The van der Waals surface area contributed by atoms with Crippen LogP contribution in [0.4, 0.5) is 0 Å². The van der Waals surface area contributed by atoms with Crippen molar-refractivity contribution in [1.82, 2.24) is 0 Å². The monoisotopic (exact) mass is 177 g/mol. The van der Waals surface area contributed by atoms with Crippen molar-refractivity contribution in [3.63, 3.8) is 0 Å². The van der Waals surface area contributed by atoms with Crippen molar-refractivity contribution < 1.29 is 19.4 Å². The lowest BCUT2D eigenvalue weighted by Crippen LogP contribution is -2.30. The number of ether oxygens (including phenoxy) is 1. The number of carboxylic acid groups (broad SMARTS) is 1. The molecule has 0 heterocycles. The van der Waals surface area contributed by atoms with Crippen LogP contribution in [0.3, 0.4) is 0 Å². The molecule has 5 heteroatoms. The fourth-order valence-electron chi connectivity index (χ4n) is 0.318. The third-order valence-electron chi connectivity index (χ3n) is 0.944. The van der Waals surface area contributed by atoms with Crippen LogP contribution in [0.5, 0.6) is 0 Å². The third kappa shape index (κ3) is 11.7. The molecule has 0 amide bonds. The summed E-state index contributed by atoms with van der Waals surface area (Å²) in [5.41, 5.74) is 5.25. The number of esters is 1. The highest BCUT2D eigenvalue weighted by Crippen LogP contribution is 1.86. The van der Waals surface area contributed by atoms with Crippen LogP contribution in [0.25, 0.3) is 0 Å². The molecule has 0 unspecified atom stereocenters. The van der Waals surface area contributed by atoms with Gasteiger partial charge in [0.05, 0.1) is 7.11 Å². The molecule has 0 saturated heterocycles. The van der Waals surface area contributed by atoms with Gasteiger partial charge in [-0.1, -0.05) is 6.92 Å². The average molecular weight is 177 g/mol. The summed E-state index contributed by atoms with van der Waals surface area (Å²) in [6, 6.07) is -0.444. The summed E-state index contributed by atoms with van der Waals surface area (Å²) < 4.78 is 4.34. The van der Waals surface area contributed by atoms with Crippen molar-refractivity contribution in [3.05, 3.63) is 0 Å². The Morgan fingerprint density at radius 1 is 1.58 bits per heavy atom. The molecule has 0 spiro atoms. The predicted octanol–water partition coefficient (Wildman–Crippen LogP) is -0.0124. The first-order valence-electron chi connectivity index (χ1n) is 3.48. The molecule has 0 aliphatic rings. The van der Waals surface area contributed by atoms with Gasteiger partial charge in [-0.3, -0.25) is 9.59 Å². The smallest absolute Gasteiger partial charge is 0.322 e. The number of nitrogens with two attached hydrogens (primary N) is 1. The lowest BCUT2D eigenvalue weighted by molar-refractivity contribution is -0.142. The van der Waals surface area contributed by atoms with Gasteiger partial charge in [0.1, 0.15) is 6.04 Å². The number of hydrogen-bond donors (Lipinski definition) is 2. The summed E-state index contributed by atoms with van der Waals surface area (Å²) in [4.78, 5) is 19.4. The lowest BCUT2D eigenvalue weighted by atomic mass is 10.2. The molecule has 0 bridgehead atoms. The van der Waals surface area contributed by atoms with E-state index in [0.717, 1.165) is 6.92 Å². The van der Waals surface area contributed by atoms with E-state index < -0.39 is 12.0 Å². The highest BCUT2D eigenvalue weighted by Gasteiger charge is 2.08. The number of carbonyl (C=O) groups is 2. The number of carboxylic acids is 1. The number of aliphatic carboxylic acids is 1. The predicted molar refractivity (Wildman–Crippen MR) is 43.6 cm³/mol. The maximum absolute atomic E-state index is 10.4. The Labute approximate surface area is 71.5 Å². The van der Waals surface area contributed by atoms with E-state index in [4.69, 9.17) is 15.6 Å². The molecule has 0 aliphatic carbocycles. The minimum absolute atomic E-state index is 0.340. The van der Waals surface area contributed by atoms with Crippen LogP contribution in [-0.4, -0.2) is 30.2 Å². The average Bonchev–Trinajstić information content (AvgIpc) is 2.00. The normalized spacial score (nSPS) is 10.7. The van der Waals surface area contributed by atoms with E-state index in [-0.39, 0.29) is 5.97 Å². The van der Waals surface area contributed by atoms with Crippen LogP contribution in [0, 0.1) is 0 Å². The van der Waals surface area contributed by atoms with E-state index in [0.29, 0.717) is 6.42 Å². The molecule has 1 atom stereocenters. The largest absolute Gasteiger partial charge is 0.481 e. The van der Waals surface area contributed by atoms with E-state index >= 15 is 0 Å². The molecule has 3 N–H and O–H groups in total. The molecular weight excluding hydrogens is 162 g/mol. The minimum Gasteiger partial charge on any atom is -0.481 e. The third-order valence-corrected chi connectivity index (χ3v) is 0.944. The second kappa shape index (κ2) is 8.00. The van der Waals surface area contributed by atoms with Crippen LogP contribution >= 0.6 is 0 Å². The number of methoxy groups -OCH3 is 1. The van der Waals surface area contributed by atoms with Crippen LogP contribution in [0.1, 0.15) is 20.3 Å². The number of hydrogen-bond acceptors (Lipinski definition) is 4. The minimum atomic E-state index is -0.833. The fourth-order valence-corrected chi connectivity index (χ4v) is 0.318. The first-order valence-corrected chi connectivity index (χ1v) is 3.48. The van der Waals surface area contributed by atoms with Gasteiger partial charge in [-0.05, 0) is 6.42 Å². The number of rotatable bonds is 2. The Hall–Kier alpha value is -1.10. The molecule has 5 nitrogen and oxygen atoms in total. The summed E-state index contributed by atoms with van der Waals surface area (Å²) in [5, 5.41) is 7.42. The van der Waals surface area contributed by atoms with Gasteiger partial charge in [0, 0.05) is 6.92 Å². The molecule has 0 aromatic heterocycles. The summed E-state index contributed by atoms with van der Waals surface area (Å²) in [7, 11) is 1.33. The highest BCUT2D eigenvalue weighted by atomic mass is 16.5.